The van der Waals surface area contributed by atoms with Gasteiger partial charge >= 0.3 is 17.6 Å². The van der Waals surface area contributed by atoms with Crippen molar-refractivity contribution in [2.24, 2.45) is 0 Å². The molecule has 3 aromatic rings. The van der Waals surface area contributed by atoms with E-state index in [9.17, 15) is 24.3 Å². The van der Waals surface area contributed by atoms with Crippen LogP contribution < -0.4 is 11.2 Å². The second-order valence-electron chi connectivity index (χ2n) is 8.19. The first-order valence-electron chi connectivity index (χ1n) is 10.8. The zero-order valence-electron chi connectivity index (χ0n) is 19.8. The molecule has 1 aromatic carbocycles. The van der Waals surface area contributed by atoms with Gasteiger partial charge in [0.15, 0.2) is 0 Å². The van der Waals surface area contributed by atoms with Gasteiger partial charge in [0.25, 0.3) is 5.56 Å². The van der Waals surface area contributed by atoms with E-state index in [1.165, 1.54) is 11.5 Å². The number of nitrogens with zero attached hydrogens (tertiary/aromatic N) is 2. The standard InChI is InChI=1S/C22H24N2O6S.C2H6/c1-13-16-18(26)24(12-15(25)30-22(2,3)4)21(29)23(19(16)31-17(13)20(27)28)11-10-14-8-6-5-7-9-14;1-2/h5-9H,10-12H2,1-4H3,(H,27,28);1-2H3. The van der Waals surface area contributed by atoms with E-state index in [2.05, 4.69) is 0 Å². The first kappa shape index (κ1) is 26.1. The molecule has 0 saturated carbocycles. The fourth-order valence-electron chi connectivity index (χ4n) is 3.32. The van der Waals surface area contributed by atoms with Crippen LogP contribution in [-0.4, -0.2) is 31.8 Å². The minimum atomic E-state index is -1.17. The fraction of sp³-hybridized carbons (Fsp3) is 0.417. The normalized spacial score (nSPS) is 11.1. The third-order valence-corrected chi connectivity index (χ3v) is 5.97. The summed E-state index contributed by atoms with van der Waals surface area (Å²) in [6.07, 6.45) is 0.500. The molecule has 3 rings (SSSR count). The van der Waals surface area contributed by atoms with Gasteiger partial charge in [-0.05, 0) is 45.2 Å². The Hall–Kier alpha value is -3.20. The molecule has 2 heterocycles. The molecule has 0 saturated heterocycles. The average molecular weight is 475 g/mol. The number of hydrogen-bond donors (Lipinski definition) is 1. The molecule has 33 heavy (non-hydrogen) atoms. The van der Waals surface area contributed by atoms with E-state index < -0.39 is 35.3 Å². The third-order valence-electron chi connectivity index (χ3n) is 4.66. The molecule has 0 fully saturated rings. The molecule has 0 spiro atoms. The highest BCUT2D eigenvalue weighted by molar-refractivity contribution is 7.20. The summed E-state index contributed by atoms with van der Waals surface area (Å²) in [5, 5.41) is 9.65. The molecule has 2 aromatic heterocycles. The van der Waals surface area contributed by atoms with E-state index in [0.717, 1.165) is 21.5 Å². The first-order chi connectivity index (χ1) is 15.5. The van der Waals surface area contributed by atoms with Crippen molar-refractivity contribution in [1.82, 2.24) is 9.13 Å². The monoisotopic (exact) mass is 474 g/mol. The highest BCUT2D eigenvalue weighted by atomic mass is 32.1. The van der Waals surface area contributed by atoms with Gasteiger partial charge in [-0.3, -0.25) is 14.2 Å². The van der Waals surface area contributed by atoms with Crippen LogP contribution in [0.1, 0.15) is 55.4 Å². The number of esters is 1. The van der Waals surface area contributed by atoms with Crippen LogP contribution in [0.2, 0.25) is 0 Å². The lowest BCUT2D eigenvalue weighted by atomic mass is 10.1. The second kappa shape index (κ2) is 10.6. The van der Waals surface area contributed by atoms with Crippen LogP contribution in [0.15, 0.2) is 39.9 Å². The minimum absolute atomic E-state index is 0.00465. The zero-order valence-corrected chi connectivity index (χ0v) is 20.6. The highest BCUT2D eigenvalue weighted by Gasteiger charge is 2.25. The summed E-state index contributed by atoms with van der Waals surface area (Å²) in [5.74, 6) is -1.88. The van der Waals surface area contributed by atoms with Gasteiger partial charge in [-0.1, -0.05) is 44.2 Å². The number of carbonyl (C=O) groups is 2. The van der Waals surface area contributed by atoms with Crippen LogP contribution >= 0.6 is 11.3 Å². The summed E-state index contributed by atoms with van der Waals surface area (Å²) in [5.41, 5.74) is -0.866. The molecule has 0 aliphatic heterocycles. The van der Waals surface area contributed by atoms with E-state index in [-0.39, 0.29) is 22.4 Å². The van der Waals surface area contributed by atoms with Gasteiger partial charge in [0, 0.05) is 6.54 Å². The molecule has 8 nitrogen and oxygen atoms in total. The van der Waals surface area contributed by atoms with Gasteiger partial charge in [-0.15, -0.1) is 11.3 Å². The fourth-order valence-corrected chi connectivity index (χ4v) is 4.48. The molecule has 0 aliphatic carbocycles. The maximum Gasteiger partial charge on any atom is 0.346 e. The zero-order chi connectivity index (χ0) is 24.9. The number of rotatable bonds is 6. The van der Waals surface area contributed by atoms with Gasteiger partial charge < -0.3 is 9.84 Å². The van der Waals surface area contributed by atoms with Crippen molar-refractivity contribution in [3.8, 4) is 0 Å². The Morgan fingerprint density at radius 2 is 1.67 bits per heavy atom. The SMILES string of the molecule is CC.Cc1c(C(=O)O)sc2c1c(=O)n(CC(=O)OC(C)(C)C)c(=O)n2CCc1ccccc1. The van der Waals surface area contributed by atoms with Crippen molar-refractivity contribution >= 4 is 33.5 Å². The molecule has 0 atom stereocenters. The van der Waals surface area contributed by atoms with Gasteiger partial charge in [0.2, 0.25) is 0 Å². The Morgan fingerprint density at radius 3 is 2.21 bits per heavy atom. The van der Waals surface area contributed by atoms with Crippen molar-refractivity contribution in [2.75, 3.05) is 0 Å². The van der Waals surface area contributed by atoms with Gasteiger partial charge in [-0.2, -0.15) is 0 Å². The third kappa shape index (κ3) is 5.98. The van der Waals surface area contributed by atoms with E-state index in [1.807, 2.05) is 44.2 Å². The Bertz CT molecular complexity index is 1260. The molecule has 9 heteroatoms. The predicted octanol–water partition coefficient (Wildman–Crippen LogP) is 3.84. The number of carbonyl (C=O) groups excluding carboxylic acids is 1. The van der Waals surface area contributed by atoms with Crippen LogP contribution in [0.25, 0.3) is 10.2 Å². The largest absolute Gasteiger partial charge is 0.477 e. The van der Waals surface area contributed by atoms with E-state index in [0.29, 0.717) is 11.3 Å². The number of ether oxygens (including phenoxy) is 1. The summed E-state index contributed by atoms with van der Waals surface area (Å²) < 4.78 is 7.47. The quantitative estimate of drug-likeness (QED) is 0.544. The molecule has 1 N–H and O–H groups in total. The van der Waals surface area contributed by atoms with Crippen LogP contribution in [0.4, 0.5) is 0 Å². The molecular weight excluding hydrogens is 444 g/mol. The summed E-state index contributed by atoms with van der Waals surface area (Å²) in [7, 11) is 0. The number of aryl methyl sites for hydroxylation is 3. The topological polar surface area (TPSA) is 108 Å². The van der Waals surface area contributed by atoms with Crippen LogP contribution in [-0.2, 0) is 29.0 Å². The van der Waals surface area contributed by atoms with Crippen molar-refractivity contribution < 1.29 is 19.4 Å². The van der Waals surface area contributed by atoms with Crippen molar-refractivity contribution in [1.29, 1.82) is 0 Å². The molecule has 0 aliphatic rings. The number of benzene rings is 1. The smallest absolute Gasteiger partial charge is 0.346 e. The molecule has 0 bridgehead atoms. The first-order valence-corrected chi connectivity index (χ1v) is 11.6. The Kier molecular flexibility index (Phi) is 8.38. The van der Waals surface area contributed by atoms with Crippen LogP contribution in [0.5, 0.6) is 0 Å². The number of fused-ring (bicyclic) bond motifs is 1. The lowest BCUT2D eigenvalue weighted by Gasteiger charge is -2.20. The van der Waals surface area contributed by atoms with Crippen LogP contribution in [0, 0.1) is 6.92 Å². The van der Waals surface area contributed by atoms with Gasteiger partial charge in [0.05, 0.1) is 5.39 Å². The maximum absolute atomic E-state index is 13.2. The number of aromatic nitrogens is 2. The summed E-state index contributed by atoms with van der Waals surface area (Å²) in [6.45, 7) is 10.3. The average Bonchev–Trinajstić information content (AvgIpc) is 3.09. The molecule has 178 valence electrons. The predicted molar refractivity (Wildman–Crippen MR) is 129 cm³/mol. The highest BCUT2D eigenvalue weighted by Crippen LogP contribution is 2.28. The molecule has 0 amide bonds. The van der Waals surface area contributed by atoms with Crippen molar-refractivity contribution in [3.05, 3.63) is 67.2 Å². The molecular formula is C24H30N2O6S. The number of carboxylic acid groups (broad SMARTS) is 1. The minimum Gasteiger partial charge on any atom is -0.477 e. The Labute approximate surface area is 196 Å². The molecule has 0 unspecified atom stereocenters. The lowest BCUT2D eigenvalue weighted by Crippen LogP contribution is -2.42. The number of carboxylic acids is 1. The Morgan fingerprint density at radius 1 is 1.06 bits per heavy atom. The lowest BCUT2D eigenvalue weighted by molar-refractivity contribution is -0.155. The van der Waals surface area contributed by atoms with E-state index >= 15 is 0 Å². The van der Waals surface area contributed by atoms with Crippen molar-refractivity contribution in [3.63, 3.8) is 0 Å². The summed E-state index contributed by atoms with van der Waals surface area (Å²) in [4.78, 5) is 50.5. The Balaban J connectivity index is 0.00000187. The van der Waals surface area contributed by atoms with Gasteiger partial charge in [-0.25, -0.2) is 14.2 Å². The molecule has 0 radical (unpaired) electrons. The number of aromatic carboxylic acids is 1. The maximum atomic E-state index is 13.2. The number of hydrogen-bond acceptors (Lipinski definition) is 6. The van der Waals surface area contributed by atoms with E-state index in [4.69, 9.17) is 4.74 Å². The summed E-state index contributed by atoms with van der Waals surface area (Å²) in [6, 6.07) is 9.49. The second-order valence-corrected chi connectivity index (χ2v) is 9.19. The van der Waals surface area contributed by atoms with E-state index in [1.54, 1.807) is 20.8 Å². The van der Waals surface area contributed by atoms with Crippen molar-refractivity contribution in [2.45, 2.75) is 66.7 Å². The summed E-state index contributed by atoms with van der Waals surface area (Å²) >= 11 is 0.894. The number of thiophene rings is 1. The van der Waals surface area contributed by atoms with Crippen LogP contribution in [0.3, 0.4) is 0 Å². The van der Waals surface area contributed by atoms with Gasteiger partial charge in [0.1, 0.15) is 21.9 Å².